The van der Waals surface area contributed by atoms with Crippen molar-refractivity contribution in [3.05, 3.63) is 51.9 Å². The molecule has 0 radical (unpaired) electrons. The molecule has 0 amide bonds. The van der Waals surface area contributed by atoms with Gasteiger partial charge in [-0.1, -0.05) is 13.8 Å². The van der Waals surface area contributed by atoms with Crippen molar-refractivity contribution in [1.82, 2.24) is 19.3 Å². The third-order valence-corrected chi connectivity index (χ3v) is 6.36. The molecule has 3 N–H and O–H groups in total. The van der Waals surface area contributed by atoms with E-state index in [1.54, 1.807) is 6.20 Å². The molecule has 0 bridgehead atoms. The van der Waals surface area contributed by atoms with Crippen molar-refractivity contribution in [3.8, 4) is 0 Å². The van der Waals surface area contributed by atoms with E-state index in [2.05, 4.69) is 20.0 Å². The standard InChI is InChI=1S/C22H26FN5O2S.C2H6/c1-12-9-15(31-24-3)7-8-17(12)26-22-25-11-14-10-16(13(2)23)21(30)28(20(14)27-22)18-5-4-6-19(18)29;1-2/h7-11,13,18-19,24,29H,4-6H2,1-3H3,(H,25,26,27);1-2H3. The molecule has 9 heteroatoms. The van der Waals surface area contributed by atoms with Gasteiger partial charge in [0.05, 0.1) is 17.7 Å². The quantitative estimate of drug-likeness (QED) is 0.423. The van der Waals surface area contributed by atoms with E-state index in [-0.39, 0.29) is 5.56 Å². The Kier molecular flexibility index (Phi) is 8.45. The molecule has 0 aliphatic heterocycles. The molecular formula is C24H32FN5O2S. The fourth-order valence-corrected chi connectivity index (χ4v) is 4.70. The van der Waals surface area contributed by atoms with E-state index in [4.69, 9.17) is 0 Å². The molecule has 4 rings (SSSR count). The van der Waals surface area contributed by atoms with Crippen LogP contribution in [0.25, 0.3) is 11.0 Å². The van der Waals surface area contributed by atoms with Crippen molar-refractivity contribution < 1.29 is 9.50 Å². The van der Waals surface area contributed by atoms with Crippen molar-refractivity contribution >= 4 is 34.6 Å². The van der Waals surface area contributed by atoms with Gasteiger partial charge in [0.15, 0.2) is 0 Å². The average Bonchev–Trinajstić information content (AvgIpc) is 3.22. The fraction of sp³-hybridized carbons (Fsp3) is 0.458. The fourth-order valence-electron chi connectivity index (χ4n) is 4.09. The Balaban J connectivity index is 0.00000149. The summed E-state index contributed by atoms with van der Waals surface area (Å²) < 4.78 is 18.7. The second kappa shape index (κ2) is 11.1. The maximum absolute atomic E-state index is 14.2. The molecule has 3 unspecified atom stereocenters. The minimum atomic E-state index is -1.42. The van der Waals surface area contributed by atoms with E-state index in [1.807, 2.05) is 46.0 Å². The zero-order valence-corrected chi connectivity index (χ0v) is 20.5. The number of pyridine rings is 1. The zero-order valence-electron chi connectivity index (χ0n) is 19.7. The summed E-state index contributed by atoms with van der Waals surface area (Å²) >= 11 is 1.53. The van der Waals surface area contributed by atoms with Crippen LogP contribution < -0.4 is 15.6 Å². The number of aliphatic hydroxyl groups is 1. The first-order valence-electron chi connectivity index (χ1n) is 11.3. The van der Waals surface area contributed by atoms with Gasteiger partial charge < -0.3 is 10.4 Å². The maximum Gasteiger partial charge on any atom is 0.258 e. The number of nitrogens with one attached hydrogen (secondary N) is 2. The van der Waals surface area contributed by atoms with Crippen LogP contribution >= 0.6 is 11.9 Å². The highest BCUT2D eigenvalue weighted by Gasteiger charge is 2.30. The third kappa shape index (κ3) is 5.37. The number of fused-ring (bicyclic) bond motifs is 1. The predicted octanol–water partition coefficient (Wildman–Crippen LogP) is 5.21. The predicted molar refractivity (Wildman–Crippen MR) is 133 cm³/mol. The molecule has 1 aromatic carbocycles. The van der Waals surface area contributed by atoms with E-state index in [0.717, 1.165) is 22.6 Å². The Hall–Kier alpha value is -2.49. The molecule has 2 heterocycles. The van der Waals surface area contributed by atoms with Gasteiger partial charge in [-0.15, -0.1) is 0 Å². The number of aliphatic hydroxyl groups excluding tert-OH is 1. The second-order valence-corrected chi connectivity index (χ2v) is 8.92. The van der Waals surface area contributed by atoms with Crippen molar-refractivity contribution in [2.45, 2.75) is 70.2 Å². The molecule has 1 aliphatic carbocycles. The summed E-state index contributed by atoms with van der Waals surface area (Å²) in [6.45, 7) is 7.33. The Bertz CT molecular complexity index is 1170. The zero-order chi connectivity index (χ0) is 24.1. The minimum absolute atomic E-state index is 0.0596. The van der Waals surface area contributed by atoms with Crippen LogP contribution in [0.2, 0.25) is 0 Å². The normalized spacial score (nSPS) is 18.6. The highest BCUT2D eigenvalue weighted by atomic mass is 32.2. The summed E-state index contributed by atoms with van der Waals surface area (Å²) in [6, 6.07) is 7.07. The molecule has 3 aromatic rings. The van der Waals surface area contributed by atoms with Gasteiger partial charge in [-0.2, -0.15) is 4.98 Å². The molecular weight excluding hydrogens is 441 g/mol. The van der Waals surface area contributed by atoms with Crippen LogP contribution in [0.3, 0.4) is 0 Å². The number of aromatic nitrogens is 3. The number of anilines is 2. The largest absolute Gasteiger partial charge is 0.391 e. The van der Waals surface area contributed by atoms with Gasteiger partial charge in [-0.05, 0) is 81.9 Å². The van der Waals surface area contributed by atoms with E-state index in [0.29, 0.717) is 29.8 Å². The first-order valence-corrected chi connectivity index (χ1v) is 12.2. The molecule has 33 heavy (non-hydrogen) atoms. The summed E-state index contributed by atoms with van der Waals surface area (Å²) in [5.74, 6) is 0.339. The van der Waals surface area contributed by atoms with Gasteiger partial charge in [-0.3, -0.25) is 14.1 Å². The van der Waals surface area contributed by atoms with Gasteiger partial charge in [0, 0.05) is 22.2 Å². The lowest BCUT2D eigenvalue weighted by atomic mass is 10.1. The molecule has 0 saturated heterocycles. The average molecular weight is 474 g/mol. The van der Waals surface area contributed by atoms with E-state index in [1.165, 1.54) is 29.5 Å². The smallest absolute Gasteiger partial charge is 0.258 e. The van der Waals surface area contributed by atoms with Crippen molar-refractivity contribution in [1.29, 1.82) is 0 Å². The molecule has 1 aliphatic rings. The minimum Gasteiger partial charge on any atom is -0.391 e. The van der Waals surface area contributed by atoms with Crippen LogP contribution in [0, 0.1) is 6.92 Å². The Labute approximate surface area is 198 Å². The number of alkyl halides is 1. The topological polar surface area (TPSA) is 92.1 Å². The molecule has 7 nitrogen and oxygen atoms in total. The van der Waals surface area contributed by atoms with Gasteiger partial charge in [0.25, 0.3) is 5.56 Å². The lowest BCUT2D eigenvalue weighted by Crippen LogP contribution is -2.32. The second-order valence-electron chi connectivity index (χ2n) is 7.84. The number of benzene rings is 1. The summed E-state index contributed by atoms with van der Waals surface area (Å²) in [4.78, 5) is 23.2. The first kappa shape index (κ1) is 25.1. The molecule has 0 spiro atoms. The SMILES string of the molecule is CC.CNSc1ccc(Nc2ncc3cc(C(C)F)c(=O)n(C4CCCC4O)c3n2)c(C)c1. The Morgan fingerprint density at radius 3 is 2.64 bits per heavy atom. The first-order chi connectivity index (χ1) is 15.9. The van der Waals surface area contributed by atoms with Crippen LogP contribution in [-0.4, -0.2) is 32.8 Å². The number of halogens is 1. The molecule has 2 aromatic heterocycles. The van der Waals surface area contributed by atoms with Crippen LogP contribution in [0.1, 0.15) is 63.4 Å². The summed E-state index contributed by atoms with van der Waals surface area (Å²) in [5, 5.41) is 14.2. The summed E-state index contributed by atoms with van der Waals surface area (Å²) in [6.07, 6.45) is 1.58. The summed E-state index contributed by atoms with van der Waals surface area (Å²) in [7, 11) is 1.87. The highest BCUT2D eigenvalue weighted by Crippen LogP contribution is 2.32. The van der Waals surface area contributed by atoms with Crippen LogP contribution in [0.15, 0.2) is 40.2 Å². The molecule has 1 saturated carbocycles. The highest BCUT2D eigenvalue weighted by molar-refractivity contribution is 7.97. The van der Waals surface area contributed by atoms with E-state index < -0.39 is 23.9 Å². The number of nitrogens with zero attached hydrogens (tertiary/aromatic N) is 3. The lowest BCUT2D eigenvalue weighted by molar-refractivity contribution is 0.136. The molecule has 178 valence electrons. The van der Waals surface area contributed by atoms with Crippen molar-refractivity contribution in [2.75, 3.05) is 12.4 Å². The van der Waals surface area contributed by atoms with Gasteiger partial charge in [0.1, 0.15) is 11.8 Å². The van der Waals surface area contributed by atoms with Crippen molar-refractivity contribution in [2.24, 2.45) is 0 Å². The van der Waals surface area contributed by atoms with Gasteiger partial charge in [0.2, 0.25) is 5.95 Å². The Morgan fingerprint density at radius 1 is 1.27 bits per heavy atom. The van der Waals surface area contributed by atoms with Crippen molar-refractivity contribution in [3.63, 3.8) is 0 Å². The lowest BCUT2D eigenvalue weighted by Gasteiger charge is -2.21. The van der Waals surface area contributed by atoms with Crippen LogP contribution in [0.4, 0.5) is 16.0 Å². The monoisotopic (exact) mass is 473 g/mol. The number of hydrogen-bond donors (Lipinski definition) is 3. The van der Waals surface area contributed by atoms with Crippen LogP contribution in [-0.2, 0) is 0 Å². The third-order valence-electron chi connectivity index (χ3n) is 5.67. The number of rotatable bonds is 6. The van der Waals surface area contributed by atoms with E-state index >= 15 is 0 Å². The maximum atomic E-state index is 14.2. The van der Waals surface area contributed by atoms with Gasteiger partial charge >= 0.3 is 0 Å². The Morgan fingerprint density at radius 2 is 2.03 bits per heavy atom. The van der Waals surface area contributed by atoms with Crippen LogP contribution in [0.5, 0.6) is 0 Å². The molecule has 3 atom stereocenters. The van der Waals surface area contributed by atoms with Gasteiger partial charge in [-0.25, -0.2) is 9.37 Å². The van der Waals surface area contributed by atoms with E-state index in [9.17, 15) is 14.3 Å². The summed E-state index contributed by atoms with van der Waals surface area (Å²) in [5.41, 5.74) is 1.89. The number of hydrogen-bond acceptors (Lipinski definition) is 7. The molecule has 1 fully saturated rings. The number of aryl methyl sites for hydroxylation is 1.